The van der Waals surface area contributed by atoms with Gasteiger partial charge in [0, 0.05) is 90.5 Å². The lowest BCUT2D eigenvalue weighted by molar-refractivity contribution is 0.0908. The molecule has 4 aromatic carbocycles. The van der Waals surface area contributed by atoms with E-state index < -0.39 is 76.3 Å². The van der Waals surface area contributed by atoms with Crippen molar-refractivity contribution >= 4 is 59.7 Å². The Labute approximate surface area is 482 Å². The zero-order chi connectivity index (χ0) is 60.1. The molecule has 446 valence electrons. The van der Waals surface area contributed by atoms with E-state index in [4.69, 9.17) is 5.73 Å². The van der Waals surface area contributed by atoms with Crippen LogP contribution in [0.1, 0.15) is 129 Å². The van der Waals surface area contributed by atoms with Gasteiger partial charge in [-0.1, -0.05) is 44.5 Å². The van der Waals surface area contributed by atoms with Crippen LogP contribution in [0.3, 0.4) is 0 Å². The number of hydrogen-bond donors (Lipinski definition) is 13. The van der Waals surface area contributed by atoms with E-state index in [0.29, 0.717) is 58.3 Å². The molecule has 14 N–H and O–H groups in total. The zero-order valence-corrected chi connectivity index (χ0v) is 46.9. The average Bonchev–Trinajstić information content (AvgIpc) is 3.61. The van der Waals surface area contributed by atoms with Crippen LogP contribution in [0, 0.1) is 0 Å². The third-order valence-corrected chi connectivity index (χ3v) is 13.2. The summed E-state index contributed by atoms with van der Waals surface area (Å²) in [7, 11) is 0. The molecule has 1 atom stereocenters. The van der Waals surface area contributed by atoms with Crippen molar-refractivity contribution in [2.45, 2.75) is 52.0 Å². The lowest BCUT2D eigenvalue weighted by Gasteiger charge is -2.28. The quantitative estimate of drug-likeness (QED) is 0.0629. The summed E-state index contributed by atoms with van der Waals surface area (Å²) in [6.07, 6.45) is 6.01. The molecule has 1 aliphatic heterocycles. The Hall–Kier alpha value is -8.94. The number of phenols is 4. The van der Waals surface area contributed by atoms with Crippen LogP contribution in [0.15, 0.2) is 82.8 Å². The minimum Gasteiger partial charge on any atom is -0.506 e. The van der Waals surface area contributed by atoms with Crippen molar-refractivity contribution < 1.29 is 58.8 Å². The predicted octanol–water partition coefficient (Wildman–Crippen LogP) is 1.52. The number of phenolic OH excluding ortho intramolecular Hbond substituents is 4. The lowest BCUT2D eigenvalue weighted by atomic mass is 10.0. The number of rotatable bonds is 18. The van der Waals surface area contributed by atoms with Crippen molar-refractivity contribution in [1.82, 2.24) is 52.3 Å². The molecule has 1 unspecified atom stereocenters. The number of carbonyl (C=O) groups is 8. The molecule has 25 nitrogen and oxygen atoms in total. The number of aliphatic imine (C=N–C) groups is 2. The van der Waals surface area contributed by atoms with Gasteiger partial charge in [0.25, 0.3) is 47.3 Å². The van der Waals surface area contributed by atoms with E-state index in [1.807, 2.05) is 23.6 Å². The minimum absolute atomic E-state index is 0.0380. The van der Waals surface area contributed by atoms with Crippen LogP contribution in [0.2, 0.25) is 0 Å². The number of nitrogens with one attached hydrogen (secondary N) is 8. The van der Waals surface area contributed by atoms with Gasteiger partial charge >= 0.3 is 0 Å². The molecule has 0 saturated carbocycles. The molecule has 4 bridgehead atoms. The Bertz CT molecular complexity index is 2950. The van der Waals surface area contributed by atoms with Crippen molar-refractivity contribution in [3.05, 3.63) is 117 Å². The number of para-hydroxylation sites is 4. The molecular weight excluding hydrogens is 1070 g/mol. The monoisotopic (exact) mass is 1150 g/mol. The number of carbonyl (C=O) groups excluding carboxylic acids is 8. The molecule has 0 radical (unpaired) electrons. The van der Waals surface area contributed by atoms with Gasteiger partial charge in [-0.3, -0.25) is 58.1 Å². The normalized spacial score (nSPS) is 15.9. The highest BCUT2D eigenvalue weighted by atomic mass is 16.3. The number of unbranched alkanes of at least 4 members (excludes halogenated alkanes) is 1. The Kier molecular flexibility index (Phi) is 26.9. The Morgan fingerprint density at radius 1 is 0.530 bits per heavy atom. The summed E-state index contributed by atoms with van der Waals surface area (Å²) in [6, 6.07) is 16.5. The number of nitrogens with zero attached hydrogens (tertiary/aromatic N) is 4. The topological polar surface area (TPSA) is 371 Å². The summed E-state index contributed by atoms with van der Waals surface area (Å²) >= 11 is 0. The summed E-state index contributed by atoms with van der Waals surface area (Å²) in [5, 5.41) is 66.2. The second kappa shape index (κ2) is 34.4. The van der Waals surface area contributed by atoms with Crippen molar-refractivity contribution in [3.8, 4) is 23.0 Å². The van der Waals surface area contributed by atoms with E-state index in [1.54, 1.807) is 0 Å². The minimum atomic E-state index is -0.681. The zero-order valence-electron chi connectivity index (χ0n) is 46.9. The molecule has 1 aliphatic rings. The molecule has 0 saturated heterocycles. The van der Waals surface area contributed by atoms with E-state index in [2.05, 4.69) is 52.5 Å². The highest BCUT2D eigenvalue weighted by Crippen LogP contribution is 2.26. The number of benzene rings is 4. The molecule has 83 heavy (non-hydrogen) atoms. The van der Waals surface area contributed by atoms with E-state index in [9.17, 15) is 58.8 Å². The summed E-state index contributed by atoms with van der Waals surface area (Å²) in [4.78, 5) is 119. The van der Waals surface area contributed by atoms with Gasteiger partial charge in [0.15, 0.2) is 0 Å². The van der Waals surface area contributed by atoms with Gasteiger partial charge in [-0.05, 0) is 80.8 Å². The van der Waals surface area contributed by atoms with Crippen molar-refractivity contribution in [3.63, 3.8) is 0 Å². The molecular formula is C58H77N13O12. The Balaban J connectivity index is 1.32. The fourth-order valence-corrected chi connectivity index (χ4v) is 8.70. The van der Waals surface area contributed by atoms with E-state index >= 15 is 0 Å². The van der Waals surface area contributed by atoms with Gasteiger partial charge in [-0.2, -0.15) is 0 Å². The van der Waals surface area contributed by atoms with Crippen LogP contribution >= 0.6 is 0 Å². The molecule has 0 fully saturated rings. The van der Waals surface area contributed by atoms with E-state index in [-0.39, 0.29) is 123 Å². The summed E-state index contributed by atoms with van der Waals surface area (Å²) in [6.45, 7) is 6.82. The van der Waals surface area contributed by atoms with Crippen molar-refractivity contribution in [2.75, 3.05) is 105 Å². The number of nitrogens with two attached hydrogens (primary N) is 1. The van der Waals surface area contributed by atoms with Crippen molar-refractivity contribution in [1.29, 1.82) is 0 Å². The van der Waals surface area contributed by atoms with E-state index in [1.165, 1.54) is 85.2 Å². The fraction of sp³-hybridized carbons (Fsp3) is 0.414. The van der Waals surface area contributed by atoms with Gasteiger partial charge in [0.1, 0.15) is 23.0 Å². The highest BCUT2D eigenvalue weighted by Gasteiger charge is 2.25. The maximum atomic E-state index is 13.8. The van der Waals surface area contributed by atoms with Gasteiger partial charge < -0.3 is 68.7 Å². The van der Waals surface area contributed by atoms with Gasteiger partial charge in [0.2, 0.25) is 0 Å². The number of aromatic hydroxyl groups is 4. The summed E-state index contributed by atoms with van der Waals surface area (Å²) in [5.74, 6) is -7.02. The molecule has 5 rings (SSSR count). The summed E-state index contributed by atoms with van der Waals surface area (Å²) in [5.41, 5.74) is 4.90. The first-order chi connectivity index (χ1) is 40.1. The SMILES string of the molecule is CCCNC(=O)c1cccc(C(=O)NCCN2CC/N=C/CNC(=O)c3cccc(c3O)C(=O)NCCN(CC(CCCCN)NC(=O)c3cccc(C(=O)NCCC)c3O)CC/N=C/CNC(=O)c3cccc(c3O)C(=O)NCC2)c1O. The van der Waals surface area contributed by atoms with Crippen LogP contribution in [-0.2, 0) is 0 Å². The first-order valence-electron chi connectivity index (χ1n) is 27.8. The molecule has 8 amide bonds. The lowest BCUT2D eigenvalue weighted by Crippen LogP contribution is -2.46. The van der Waals surface area contributed by atoms with E-state index in [0.717, 1.165) is 0 Å². The Morgan fingerprint density at radius 2 is 0.928 bits per heavy atom. The maximum absolute atomic E-state index is 13.8. The number of hydrogen-bond acceptors (Lipinski definition) is 17. The van der Waals surface area contributed by atoms with Gasteiger partial charge in [-0.25, -0.2) is 0 Å². The van der Waals surface area contributed by atoms with Crippen molar-refractivity contribution in [2.24, 2.45) is 15.7 Å². The molecule has 0 spiro atoms. The predicted molar refractivity (Wildman–Crippen MR) is 313 cm³/mol. The molecule has 0 aliphatic carbocycles. The van der Waals surface area contributed by atoms with Crippen LogP contribution in [0.4, 0.5) is 0 Å². The molecule has 25 heteroatoms. The van der Waals surface area contributed by atoms with Crippen LogP contribution in [-0.4, -0.2) is 201 Å². The van der Waals surface area contributed by atoms with Crippen LogP contribution in [0.25, 0.3) is 0 Å². The second-order valence-corrected chi connectivity index (χ2v) is 19.3. The number of fused-ring (bicyclic) bond motifs is 4. The molecule has 0 aromatic heterocycles. The standard InChI is InChI=1S/C58H77N13O12/c1-3-21-62-51(76)39-12-7-15-42(47(39)72)55(80)66-29-34-70-32-27-60-23-25-64-53(78)41-14-9-17-44(49(41)74)57(82)68-31-36-71(33-28-61-24-26-65-54(79)40-13-8-16-43(48(40)73)56(81)67-30-35-70)37-38(11-5-6-20-59)69-58(83)46-19-10-18-45(50(46)75)52(77)63-22-4-2/h7-10,12-19,23-24,38,72-75H,3-6,11,20-22,25-37,59H2,1-2H3,(H,62,76)(H,63,77)(H,64,78)(H,65,79)(H,66,80)(H,67,81)(H,68,82)(H,69,83)/b60-23+,61-24+. The fourth-order valence-electron chi connectivity index (χ4n) is 8.70. The first-order valence-corrected chi connectivity index (χ1v) is 27.8. The smallest absolute Gasteiger partial charge is 0.255 e. The average molecular weight is 1150 g/mol. The molecule has 4 aromatic rings. The van der Waals surface area contributed by atoms with Crippen LogP contribution < -0.4 is 48.3 Å². The third-order valence-electron chi connectivity index (χ3n) is 13.2. The second-order valence-electron chi connectivity index (χ2n) is 19.3. The Morgan fingerprint density at radius 3 is 1.37 bits per heavy atom. The van der Waals surface area contributed by atoms with Gasteiger partial charge in [0.05, 0.1) is 70.7 Å². The van der Waals surface area contributed by atoms with Gasteiger partial charge in [-0.15, -0.1) is 0 Å². The molecule has 1 heterocycles. The summed E-state index contributed by atoms with van der Waals surface area (Å²) < 4.78 is 0. The highest BCUT2D eigenvalue weighted by molar-refractivity contribution is 6.07. The maximum Gasteiger partial charge on any atom is 0.255 e. The van der Waals surface area contributed by atoms with Crippen LogP contribution in [0.5, 0.6) is 23.0 Å². The first kappa shape index (κ1) is 64.9. The number of amides is 8. The third kappa shape index (κ3) is 19.9. The largest absolute Gasteiger partial charge is 0.506 e.